The van der Waals surface area contributed by atoms with Crippen LogP contribution in [0.2, 0.25) is 5.02 Å². The van der Waals surface area contributed by atoms with Gasteiger partial charge in [0.2, 0.25) is 11.8 Å². The molecule has 4 aromatic carbocycles. The van der Waals surface area contributed by atoms with Crippen LogP contribution in [0.1, 0.15) is 22.3 Å². The molecule has 0 bridgehead atoms. The average molecular weight is 557 g/mol. The lowest BCUT2D eigenvalue weighted by molar-refractivity contribution is -0.140. The van der Waals surface area contributed by atoms with Gasteiger partial charge in [0.25, 0.3) is 0 Å². The first kappa shape index (κ1) is 28.7. The van der Waals surface area contributed by atoms with Crippen LogP contribution in [0.4, 0.5) is 0 Å². The molecule has 0 heterocycles. The number of nitrogens with zero attached hydrogens (tertiary/aromatic N) is 1. The van der Waals surface area contributed by atoms with Crippen LogP contribution in [-0.2, 0) is 35.5 Å². The number of methoxy groups -OCH3 is 2. The second-order valence-electron chi connectivity index (χ2n) is 9.41. The van der Waals surface area contributed by atoms with Crippen LogP contribution >= 0.6 is 11.6 Å². The summed E-state index contributed by atoms with van der Waals surface area (Å²) in [6.07, 6.45) is 0.500. The van der Waals surface area contributed by atoms with Gasteiger partial charge >= 0.3 is 0 Å². The normalized spacial score (nSPS) is 11.4. The number of ether oxygens (including phenoxy) is 2. The van der Waals surface area contributed by atoms with Crippen LogP contribution < -0.4 is 14.8 Å². The van der Waals surface area contributed by atoms with Crippen LogP contribution in [-0.4, -0.2) is 37.0 Å². The maximum atomic E-state index is 13.9. The molecule has 6 nitrogen and oxygen atoms in total. The minimum absolute atomic E-state index is 0.137. The molecule has 0 spiro atoms. The number of benzene rings is 4. The molecule has 4 rings (SSSR count). The number of rotatable bonds is 12. The third kappa shape index (κ3) is 7.87. The fraction of sp³-hybridized carbons (Fsp3) is 0.212. The molecule has 0 fully saturated rings. The van der Waals surface area contributed by atoms with Crippen LogP contribution in [0.15, 0.2) is 103 Å². The topological polar surface area (TPSA) is 67.9 Å². The molecule has 2 amide bonds. The molecule has 0 aliphatic heterocycles. The second kappa shape index (κ2) is 14.2. The number of hydrogen-bond donors (Lipinski definition) is 1. The maximum Gasteiger partial charge on any atom is 0.243 e. The number of para-hydroxylation sites is 1. The molecular weight excluding hydrogens is 524 g/mol. The zero-order chi connectivity index (χ0) is 28.3. The van der Waals surface area contributed by atoms with Gasteiger partial charge in [0, 0.05) is 30.1 Å². The zero-order valence-electron chi connectivity index (χ0n) is 22.7. The summed E-state index contributed by atoms with van der Waals surface area (Å²) in [5.74, 6) is 1.01. The molecule has 0 aromatic heterocycles. The first-order valence-electron chi connectivity index (χ1n) is 13.1. The highest BCUT2D eigenvalue weighted by Gasteiger charge is 2.30. The maximum absolute atomic E-state index is 13.9. The first-order chi connectivity index (χ1) is 19.5. The lowest BCUT2D eigenvalue weighted by atomic mass is 10.0. The monoisotopic (exact) mass is 556 g/mol. The number of carbonyl (C=O) groups excluding carboxylic acids is 2. The Labute approximate surface area is 240 Å². The van der Waals surface area contributed by atoms with Gasteiger partial charge in [-0.25, -0.2) is 0 Å². The molecule has 4 aromatic rings. The molecule has 40 heavy (non-hydrogen) atoms. The lowest BCUT2D eigenvalue weighted by Crippen LogP contribution is -2.50. The van der Waals surface area contributed by atoms with Gasteiger partial charge in [0.1, 0.15) is 17.5 Å². The number of nitrogens with one attached hydrogen (secondary N) is 1. The summed E-state index contributed by atoms with van der Waals surface area (Å²) in [7, 11) is 3.21. The van der Waals surface area contributed by atoms with Crippen molar-refractivity contribution in [2.75, 3.05) is 14.2 Å². The van der Waals surface area contributed by atoms with E-state index in [-0.39, 0.29) is 31.3 Å². The molecule has 1 unspecified atom stereocenters. The lowest BCUT2D eigenvalue weighted by Gasteiger charge is -2.32. The zero-order valence-corrected chi connectivity index (χ0v) is 23.4. The summed E-state index contributed by atoms with van der Waals surface area (Å²) in [4.78, 5) is 29.4. The Kier molecular flexibility index (Phi) is 10.2. The third-order valence-corrected chi connectivity index (χ3v) is 6.95. The van der Waals surface area contributed by atoms with Crippen LogP contribution in [0.25, 0.3) is 0 Å². The summed E-state index contributed by atoms with van der Waals surface area (Å²) < 4.78 is 10.8. The van der Waals surface area contributed by atoms with Crippen LogP contribution in [0.3, 0.4) is 0 Å². The largest absolute Gasteiger partial charge is 0.497 e. The second-order valence-corrected chi connectivity index (χ2v) is 9.84. The Morgan fingerprint density at radius 1 is 0.775 bits per heavy atom. The van der Waals surface area contributed by atoms with Crippen molar-refractivity contribution in [3.05, 3.63) is 130 Å². The van der Waals surface area contributed by atoms with E-state index < -0.39 is 6.04 Å². The van der Waals surface area contributed by atoms with Crippen molar-refractivity contribution in [1.29, 1.82) is 0 Å². The summed E-state index contributed by atoms with van der Waals surface area (Å²) in [6, 6.07) is 31.2. The van der Waals surface area contributed by atoms with E-state index in [2.05, 4.69) is 5.32 Å². The molecule has 1 atom stereocenters. The Morgan fingerprint density at radius 2 is 1.43 bits per heavy atom. The van der Waals surface area contributed by atoms with Gasteiger partial charge in [-0.3, -0.25) is 9.59 Å². The fourth-order valence-electron chi connectivity index (χ4n) is 4.51. The number of halogens is 1. The van der Waals surface area contributed by atoms with Crippen molar-refractivity contribution in [3.63, 3.8) is 0 Å². The number of hydrogen-bond acceptors (Lipinski definition) is 4. The van der Waals surface area contributed by atoms with Crippen molar-refractivity contribution in [3.8, 4) is 11.5 Å². The summed E-state index contributed by atoms with van der Waals surface area (Å²) in [5.41, 5.74) is 3.52. The standard InChI is InChI=1S/C33H33ClN2O4/c1-39-29-18-14-26(15-19-29)23-36(32(37)21-25-12-16-28(34)17-13-25)30(20-24-8-4-3-5-9-24)33(38)35-22-27-10-6-7-11-31(27)40-2/h3-19,30H,20-23H2,1-2H3,(H,35,38). The smallest absolute Gasteiger partial charge is 0.243 e. The molecule has 7 heteroatoms. The van der Waals surface area contributed by atoms with Crippen molar-refractivity contribution in [2.45, 2.75) is 32.0 Å². The van der Waals surface area contributed by atoms with E-state index in [1.807, 2.05) is 91.0 Å². The van der Waals surface area contributed by atoms with E-state index in [9.17, 15) is 9.59 Å². The minimum Gasteiger partial charge on any atom is -0.497 e. The van der Waals surface area contributed by atoms with E-state index in [0.29, 0.717) is 17.2 Å². The summed E-state index contributed by atoms with van der Waals surface area (Å²) in [5, 5.41) is 3.66. The van der Waals surface area contributed by atoms with Gasteiger partial charge in [-0.05, 0) is 47.0 Å². The van der Waals surface area contributed by atoms with Crippen molar-refractivity contribution in [1.82, 2.24) is 10.2 Å². The molecule has 1 N–H and O–H groups in total. The Morgan fingerprint density at radius 3 is 2.10 bits per heavy atom. The van der Waals surface area contributed by atoms with Crippen molar-refractivity contribution < 1.29 is 19.1 Å². The van der Waals surface area contributed by atoms with Crippen LogP contribution in [0, 0.1) is 0 Å². The summed E-state index contributed by atoms with van der Waals surface area (Å²) in [6.45, 7) is 0.534. The van der Waals surface area contributed by atoms with Gasteiger partial charge in [0.15, 0.2) is 0 Å². The molecule has 206 valence electrons. The SMILES string of the molecule is COc1ccc(CN(C(=O)Cc2ccc(Cl)cc2)C(Cc2ccccc2)C(=O)NCc2ccccc2OC)cc1. The Bertz CT molecular complexity index is 1390. The average Bonchev–Trinajstić information content (AvgIpc) is 2.99. The fourth-order valence-corrected chi connectivity index (χ4v) is 4.64. The quantitative estimate of drug-likeness (QED) is 0.237. The molecule has 0 saturated carbocycles. The third-order valence-electron chi connectivity index (χ3n) is 6.70. The highest BCUT2D eigenvalue weighted by molar-refractivity contribution is 6.30. The van der Waals surface area contributed by atoms with E-state index in [1.54, 1.807) is 31.3 Å². The highest BCUT2D eigenvalue weighted by Crippen LogP contribution is 2.21. The Hall–Kier alpha value is -4.29. The van der Waals surface area contributed by atoms with E-state index in [0.717, 1.165) is 28.0 Å². The van der Waals surface area contributed by atoms with Crippen LogP contribution in [0.5, 0.6) is 11.5 Å². The predicted octanol–water partition coefficient (Wildman–Crippen LogP) is 5.86. The molecular formula is C33H33ClN2O4. The van der Waals surface area contributed by atoms with Gasteiger partial charge in [-0.1, -0.05) is 84.4 Å². The van der Waals surface area contributed by atoms with Gasteiger partial charge < -0.3 is 19.7 Å². The minimum atomic E-state index is -0.751. The molecule has 0 radical (unpaired) electrons. The number of carbonyl (C=O) groups is 2. The Balaban J connectivity index is 1.65. The van der Waals surface area contributed by atoms with Gasteiger partial charge in [-0.2, -0.15) is 0 Å². The van der Waals surface area contributed by atoms with E-state index in [1.165, 1.54) is 0 Å². The highest BCUT2D eigenvalue weighted by atomic mass is 35.5. The molecule has 0 aliphatic carbocycles. The van der Waals surface area contributed by atoms with Gasteiger partial charge in [0.05, 0.1) is 20.6 Å². The van der Waals surface area contributed by atoms with E-state index in [4.69, 9.17) is 21.1 Å². The van der Waals surface area contributed by atoms with Crippen molar-refractivity contribution >= 4 is 23.4 Å². The predicted molar refractivity (Wildman–Crippen MR) is 157 cm³/mol. The number of amides is 2. The van der Waals surface area contributed by atoms with Crippen molar-refractivity contribution in [2.24, 2.45) is 0 Å². The first-order valence-corrected chi connectivity index (χ1v) is 13.4. The van der Waals surface area contributed by atoms with E-state index >= 15 is 0 Å². The molecule has 0 aliphatic rings. The summed E-state index contributed by atoms with van der Waals surface area (Å²) >= 11 is 6.06. The van der Waals surface area contributed by atoms with Gasteiger partial charge in [-0.15, -0.1) is 0 Å². The molecule has 0 saturated heterocycles.